The van der Waals surface area contributed by atoms with Crippen LogP contribution in [-0.2, 0) is 10.0 Å². The molecule has 7 nitrogen and oxygen atoms in total. The molecule has 8 heteroatoms. The molecule has 0 spiro atoms. The van der Waals surface area contributed by atoms with Gasteiger partial charge in [-0.3, -0.25) is 0 Å². The fourth-order valence-corrected chi connectivity index (χ4v) is 3.40. The molecule has 0 aromatic heterocycles. The van der Waals surface area contributed by atoms with Crippen molar-refractivity contribution >= 4 is 16.0 Å². The lowest BCUT2D eigenvalue weighted by atomic mass is 9.91. The third-order valence-electron chi connectivity index (χ3n) is 3.14. The molecule has 3 N–H and O–H groups in total. The molecule has 0 unspecified atom stereocenters. The van der Waals surface area contributed by atoms with Crippen LogP contribution >= 0.6 is 0 Å². The summed E-state index contributed by atoms with van der Waals surface area (Å²) in [6.45, 7) is 0. The number of aromatic carboxylic acids is 1. The molecule has 0 aliphatic heterocycles. The van der Waals surface area contributed by atoms with Crippen molar-refractivity contribution in [1.82, 2.24) is 4.72 Å². The molecule has 1 aromatic carbocycles. The maximum absolute atomic E-state index is 12.2. The van der Waals surface area contributed by atoms with Gasteiger partial charge in [-0.05, 0) is 31.0 Å². The van der Waals surface area contributed by atoms with Gasteiger partial charge in [0.2, 0.25) is 10.0 Å². The number of carboxylic acids is 1. The Morgan fingerprint density at radius 2 is 2.05 bits per heavy atom. The van der Waals surface area contributed by atoms with E-state index in [2.05, 4.69) is 4.72 Å². The molecule has 2 rings (SSSR count). The van der Waals surface area contributed by atoms with Gasteiger partial charge in [0, 0.05) is 6.04 Å². The van der Waals surface area contributed by atoms with Crippen LogP contribution in [0, 0.1) is 0 Å². The minimum absolute atomic E-state index is 0.0303. The van der Waals surface area contributed by atoms with Crippen LogP contribution in [0.3, 0.4) is 0 Å². The van der Waals surface area contributed by atoms with Crippen molar-refractivity contribution in [3.8, 4) is 5.75 Å². The molecule has 1 aliphatic carbocycles. The number of hydrogen-bond acceptors (Lipinski definition) is 5. The normalized spacial score (nSPS) is 22.1. The first-order valence-corrected chi connectivity index (χ1v) is 7.43. The summed E-state index contributed by atoms with van der Waals surface area (Å²) in [5, 5.41) is 18.0. The monoisotopic (exact) mass is 301 g/mol. The molecular formula is C12H15NO6S. The van der Waals surface area contributed by atoms with Crippen LogP contribution < -0.4 is 9.46 Å². The number of aliphatic hydroxyl groups excluding tert-OH is 1. The van der Waals surface area contributed by atoms with Gasteiger partial charge >= 0.3 is 5.97 Å². The predicted molar refractivity (Wildman–Crippen MR) is 69.3 cm³/mol. The first kappa shape index (κ1) is 14.8. The summed E-state index contributed by atoms with van der Waals surface area (Å²) in [6, 6.07) is 3.25. The summed E-state index contributed by atoms with van der Waals surface area (Å²) >= 11 is 0. The van der Waals surface area contributed by atoms with Crippen LogP contribution in [0.25, 0.3) is 0 Å². The molecule has 20 heavy (non-hydrogen) atoms. The Labute approximate surface area is 116 Å². The van der Waals surface area contributed by atoms with E-state index in [9.17, 15) is 13.2 Å². The second-order valence-electron chi connectivity index (χ2n) is 4.61. The lowest BCUT2D eigenvalue weighted by Gasteiger charge is -2.31. The number of carboxylic acid groups (broad SMARTS) is 1. The highest BCUT2D eigenvalue weighted by Gasteiger charge is 2.32. The fourth-order valence-electron chi connectivity index (χ4n) is 1.99. The van der Waals surface area contributed by atoms with Gasteiger partial charge in [-0.15, -0.1) is 0 Å². The number of rotatable bonds is 5. The standard InChI is InChI=1S/C12H15NO6S/c1-19-10-4-7(12(15)16)2-3-11(10)20(17,18)13-8-5-9(14)6-8/h2-4,8-9,13-14H,5-6H2,1H3,(H,15,16). The second-order valence-corrected chi connectivity index (χ2v) is 6.30. The van der Waals surface area contributed by atoms with Gasteiger partial charge in [-0.25, -0.2) is 17.9 Å². The van der Waals surface area contributed by atoms with Crippen molar-refractivity contribution in [2.45, 2.75) is 29.9 Å². The number of aliphatic hydroxyl groups is 1. The first-order chi connectivity index (χ1) is 9.33. The van der Waals surface area contributed by atoms with Crippen LogP contribution in [0.4, 0.5) is 0 Å². The van der Waals surface area contributed by atoms with Crippen molar-refractivity contribution in [3.63, 3.8) is 0 Å². The maximum Gasteiger partial charge on any atom is 0.335 e. The van der Waals surface area contributed by atoms with Gasteiger partial charge in [-0.1, -0.05) is 0 Å². The van der Waals surface area contributed by atoms with Crippen LogP contribution in [0.1, 0.15) is 23.2 Å². The van der Waals surface area contributed by atoms with Crippen molar-refractivity contribution in [3.05, 3.63) is 23.8 Å². The minimum Gasteiger partial charge on any atom is -0.495 e. The number of ether oxygens (including phenoxy) is 1. The summed E-state index contributed by atoms with van der Waals surface area (Å²) in [6.07, 6.45) is 0.266. The van der Waals surface area contributed by atoms with Crippen molar-refractivity contribution < 1.29 is 28.2 Å². The van der Waals surface area contributed by atoms with E-state index in [4.69, 9.17) is 14.9 Å². The van der Waals surface area contributed by atoms with Crippen molar-refractivity contribution in [1.29, 1.82) is 0 Å². The highest BCUT2D eigenvalue weighted by Crippen LogP contribution is 2.27. The Bertz CT molecular complexity index is 621. The van der Waals surface area contributed by atoms with E-state index in [0.29, 0.717) is 12.8 Å². The zero-order chi connectivity index (χ0) is 14.9. The summed E-state index contributed by atoms with van der Waals surface area (Å²) in [5.74, 6) is -1.19. The van der Waals surface area contributed by atoms with Crippen molar-refractivity contribution in [2.75, 3.05) is 7.11 Å². The summed E-state index contributed by atoms with van der Waals surface area (Å²) in [4.78, 5) is 10.7. The van der Waals surface area contributed by atoms with Crippen LogP contribution in [0.5, 0.6) is 5.75 Å². The average Bonchev–Trinajstić information content (AvgIpc) is 2.35. The van der Waals surface area contributed by atoms with E-state index in [1.807, 2.05) is 0 Å². The van der Waals surface area contributed by atoms with E-state index in [0.717, 1.165) is 6.07 Å². The molecule has 0 atom stereocenters. The average molecular weight is 301 g/mol. The molecule has 1 aromatic rings. The first-order valence-electron chi connectivity index (χ1n) is 5.95. The molecular weight excluding hydrogens is 286 g/mol. The molecule has 1 fully saturated rings. The van der Waals surface area contributed by atoms with Crippen LogP contribution in [-0.4, -0.2) is 43.9 Å². The highest BCUT2D eigenvalue weighted by molar-refractivity contribution is 7.89. The Morgan fingerprint density at radius 3 is 2.55 bits per heavy atom. The number of hydrogen-bond donors (Lipinski definition) is 3. The second kappa shape index (κ2) is 5.39. The smallest absolute Gasteiger partial charge is 0.335 e. The molecule has 0 saturated heterocycles. The number of nitrogens with one attached hydrogen (secondary N) is 1. The third kappa shape index (κ3) is 2.92. The van der Waals surface area contributed by atoms with E-state index >= 15 is 0 Å². The summed E-state index contributed by atoms with van der Waals surface area (Å²) in [7, 11) is -2.54. The van der Waals surface area contributed by atoms with Gasteiger partial charge in [0.05, 0.1) is 18.8 Å². The Morgan fingerprint density at radius 1 is 1.40 bits per heavy atom. The quantitative estimate of drug-likeness (QED) is 0.716. The Balaban J connectivity index is 2.28. The SMILES string of the molecule is COc1cc(C(=O)O)ccc1S(=O)(=O)NC1CC(O)C1. The highest BCUT2D eigenvalue weighted by atomic mass is 32.2. The van der Waals surface area contributed by atoms with Gasteiger partial charge in [0.25, 0.3) is 0 Å². The van der Waals surface area contributed by atoms with Gasteiger partial charge < -0.3 is 14.9 Å². The minimum atomic E-state index is -3.81. The van der Waals surface area contributed by atoms with Crippen LogP contribution in [0.15, 0.2) is 23.1 Å². The number of carbonyl (C=O) groups is 1. The predicted octanol–water partition coefficient (Wildman–Crippen LogP) is 0.195. The Kier molecular flexibility index (Phi) is 3.98. The maximum atomic E-state index is 12.2. The fraction of sp³-hybridized carbons (Fsp3) is 0.417. The molecule has 0 bridgehead atoms. The molecule has 0 radical (unpaired) electrons. The van der Waals surface area contributed by atoms with E-state index in [1.54, 1.807) is 0 Å². The van der Waals surface area contributed by atoms with Crippen molar-refractivity contribution in [2.24, 2.45) is 0 Å². The number of benzene rings is 1. The van der Waals surface area contributed by atoms with E-state index in [1.165, 1.54) is 19.2 Å². The van der Waals surface area contributed by atoms with Crippen LogP contribution in [0.2, 0.25) is 0 Å². The topological polar surface area (TPSA) is 113 Å². The molecule has 110 valence electrons. The zero-order valence-corrected chi connectivity index (χ0v) is 11.6. The lowest BCUT2D eigenvalue weighted by Crippen LogP contribution is -2.46. The number of methoxy groups -OCH3 is 1. The molecule has 0 heterocycles. The van der Waals surface area contributed by atoms with Gasteiger partial charge in [0.1, 0.15) is 10.6 Å². The summed E-state index contributed by atoms with van der Waals surface area (Å²) < 4.78 is 31.8. The Hall–Kier alpha value is -1.64. The van der Waals surface area contributed by atoms with E-state index in [-0.39, 0.29) is 22.3 Å². The zero-order valence-electron chi connectivity index (χ0n) is 10.7. The largest absolute Gasteiger partial charge is 0.495 e. The molecule has 1 aliphatic rings. The molecule has 1 saturated carbocycles. The third-order valence-corrected chi connectivity index (χ3v) is 4.70. The van der Waals surface area contributed by atoms with Gasteiger partial charge in [-0.2, -0.15) is 0 Å². The summed E-state index contributed by atoms with van der Waals surface area (Å²) in [5.41, 5.74) is -0.0557. The number of sulfonamides is 1. The lowest BCUT2D eigenvalue weighted by molar-refractivity contribution is 0.0692. The van der Waals surface area contributed by atoms with E-state index < -0.39 is 22.1 Å². The van der Waals surface area contributed by atoms with Gasteiger partial charge in [0.15, 0.2) is 0 Å². The molecule has 0 amide bonds.